The molecule has 42 heavy (non-hydrogen) atoms. The van der Waals surface area contributed by atoms with Gasteiger partial charge in [-0.3, -0.25) is 14.4 Å². The molecule has 1 saturated heterocycles. The highest BCUT2D eigenvalue weighted by atomic mass is 16.5. The van der Waals surface area contributed by atoms with Crippen molar-refractivity contribution in [3.05, 3.63) is 130 Å². The maximum absolute atomic E-state index is 14.0. The van der Waals surface area contributed by atoms with Crippen molar-refractivity contribution >= 4 is 35.1 Å². The normalized spacial score (nSPS) is 21.4. The van der Waals surface area contributed by atoms with Gasteiger partial charge in [0.2, 0.25) is 11.8 Å². The fourth-order valence-electron chi connectivity index (χ4n) is 7.11. The van der Waals surface area contributed by atoms with Crippen LogP contribution in [0.5, 0.6) is 0 Å². The summed E-state index contributed by atoms with van der Waals surface area (Å²) in [5.41, 5.74) is 7.36. The number of benzene rings is 4. The minimum atomic E-state index is -0.718. The van der Waals surface area contributed by atoms with E-state index in [1.807, 2.05) is 56.3 Å². The van der Waals surface area contributed by atoms with Crippen LogP contribution in [0.1, 0.15) is 55.6 Å². The fraction of sp³-hybridized carbons (Fsp3) is 0.200. The standard InChI is InChI=1S/C35H28N2O5/c1-19-9-7-10-20(2)32(19)36-27(38)18-42-35(41)21-11-8-12-22(17-21)37-33(39)30-28-23-13-3-4-14-24(23)29(31(30)34(37)40)26-16-6-5-15-25(26)28/h3-17,28-31H,18H2,1-2H3,(H,36,38)/t28?,29?,30-,31-/m1/s1. The van der Waals surface area contributed by atoms with E-state index in [-0.39, 0.29) is 29.2 Å². The number of carbonyl (C=O) groups is 4. The third-order valence-electron chi connectivity index (χ3n) is 8.87. The lowest BCUT2D eigenvalue weighted by Gasteiger charge is -2.45. The van der Waals surface area contributed by atoms with E-state index in [1.165, 1.54) is 11.0 Å². The van der Waals surface area contributed by atoms with Crippen LogP contribution in [0.25, 0.3) is 0 Å². The number of imide groups is 1. The molecule has 0 aromatic heterocycles. The van der Waals surface area contributed by atoms with Crippen LogP contribution >= 0.6 is 0 Å². The first-order valence-electron chi connectivity index (χ1n) is 14.0. The largest absolute Gasteiger partial charge is 0.452 e. The van der Waals surface area contributed by atoms with Crippen LogP contribution in [0, 0.1) is 25.7 Å². The van der Waals surface area contributed by atoms with Crippen LogP contribution in [0.3, 0.4) is 0 Å². The van der Waals surface area contributed by atoms with Gasteiger partial charge in [0.05, 0.1) is 23.1 Å². The summed E-state index contributed by atoms with van der Waals surface area (Å²) < 4.78 is 5.30. The second-order valence-corrected chi connectivity index (χ2v) is 11.2. The quantitative estimate of drug-likeness (QED) is 0.259. The van der Waals surface area contributed by atoms with Crippen LogP contribution < -0.4 is 10.2 Å². The molecular formula is C35H28N2O5. The van der Waals surface area contributed by atoms with Gasteiger partial charge in [-0.15, -0.1) is 0 Å². The first-order valence-corrected chi connectivity index (χ1v) is 14.0. The topological polar surface area (TPSA) is 92.8 Å². The Bertz CT molecular complexity index is 1680. The number of ether oxygens (including phenoxy) is 1. The lowest BCUT2D eigenvalue weighted by molar-refractivity contribution is -0.122. The maximum atomic E-state index is 14.0. The molecule has 0 radical (unpaired) electrons. The number of anilines is 2. The molecule has 3 amide bonds. The maximum Gasteiger partial charge on any atom is 0.338 e. The summed E-state index contributed by atoms with van der Waals surface area (Å²) in [6, 6.07) is 28.1. The van der Waals surface area contributed by atoms with Gasteiger partial charge in [-0.05, 0) is 65.4 Å². The summed E-state index contributed by atoms with van der Waals surface area (Å²) in [6.07, 6.45) is 0. The van der Waals surface area contributed by atoms with Gasteiger partial charge in [0.25, 0.3) is 5.91 Å². The number of nitrogens with zero attached hydrogens (tertiary/aromatic N) is 1. The number of aryl methyl sites for hydroxylation is 2. The summed E-state index contributed by atoms with van der Waals surface area (Å²) in [6.45, 7) is 3.31. The molecule has 0 unspecified atom stereocenters. The molecule has 208 valence electrons. The number of hydrogen-bond donors (Lipinski definition) is 1. The predicted octanol–water partition coefficient (Wildman–Crippen LogP) is 5.50. The molecule has 8 rings (SSSR count). The van der Waals surface area contributed by atoms with Gasteiger partial charge >= 0.3 is 5.97 Å². The van der Waals surface area contributed by atoms with E-state index < -0.39 is 30.3 Å². The highest BCUT2D eigenvalue weighted by Crippen LogP contribution is 2.61. The average Bonchev–Trinajstić information content (AvgIpc) is 3.28. The first-order chi connectivity index (χ1) is 20.3. The number of rotatable bonds is 5. The van der Waals surface area contributed by atoms with E-state index in [1.54, 1.807) is 18.2 Å². The van der Waals surface area contributed by atoms with Crippen molar-refractivity contribution in [2.75, 3.05) is 16.8 Å². The van der Waals surface area contributed by atoms with Gasteiger partial charge in [-0.1, -0.05) is 72.8 Å². The second-order valence-electron chi connectivity index (χ2n) is 11.2. The summed E-state index contributed by atoms with van der Waals surface area (Å²) >= 11 is 0. The van der Waals surface area contributed by atoms with Gasteiger partial charge in [0.1, 0.15) is 0 Å². The van der Waals surface area contributed by atoms with Crippen molar-refractivity contribution in [1.82, 2.24) is 0 Å². The molecule has 1 heterocycles. The molecule has 0 spiro atoms. The molecule has 2 atom stereocenters. The van der Waals surface area contributed by atoms with Gasteiger partial charge < -0.3 is 10.1 Å². The van der Waals surface area contributed by atoms with E-state index in [9.17, 15) is 19.2 Å². The number of esters is 1. The monoisotopic (exact) mass is 556 g/mol. The molecule has 4 aromatic rings. The average molecular weight is 557 g/mol. The van der Waals surface area contributed by atoms with E-state index in [0.29, 0.717) is 11.4 Å². The van der Waals surface area contributed by atoms with Crippen LogP contribution in [-0.4, -0.2) is 30.3 Å². The Balaban J connectivity index is 1.13. The minimum Gasteiger partial charge on any atom is -0.452 e. The molecule has 1 N–H and O–H groups in total. The Morgan fingerprint density at radius 3 is 1.74 bits per heavy atom. The zero-order chi connectivity index (χ0) is 29.1. The van der Waals surface area contributed by atoms with Gasteiger partial charge in [0, 0.05) is 17.5 Å². The van der Waals surface area contributed by atoms with Crippen molar-refractivity contribution < 1.29 is 23.9 Å². The van der Waals surface area contributed by atoms with Crippen molar-refractivity contribution in [2.24, 2.45) is 11.8 Å². The fourth-order valence-corrected chi connectivity index (χ4v) is 7.11. The Hall–Kier alpha value is -5.04. The van der Waals surface area contributed by atoms with Crippen molar-refractivity contribution in [1.29, 1.82) is 0 Å². The third-order valence-corrected chi connectivity index (χ3v) is 8.87. The Morgan fingerprint density at radius 1 is 0.714 bits per heavy atom. The van der Waals surface area contributed by atoms with Crippen molar-refractivity contribution in [2.45, 2.75) is 25.7 Å². The highest BCUT2D eigenvalue weighted by molar-refractivity contribution is 6.23. The minimum absolute atomic E-state index is 0.150. The summed E-state index contributed by atoms with van der Waals surface area (Å²) in [4.78, 5) is 54.7. The summed E-state index contributed by atoms with van der Waals surface area (Å²) in [7, 11) is 0. The van der Waals surface area contributed by atoms with Crippen LogP contribution in [0.2, 0.25) is 0 Å². The number of carbonyl (C=O) groups excluding carboxylic acids is 4. The number of nitrogens with one attached hydrogen (secondary N) is 1. The van der Waals surface area contributed by atoms with E-state index in [2.05, 4.69) is 29.6 Å². The summed E-state index contributed by atoms with van der Waals surface area (Å²) in [5.74, 6) is -3.15. The molecule has 7 heteroatoms. The zero-order valence-electron chi connectivity index (χ0n) is 23.2. The first kappa shape index (κ1) is 25.9. The molecule has 7 nitrogen and oxygen atoms in total. The van der Waals surface area contributed by atoms with Gasteiger partial charge in [-0.25, -0.2) is 9.69 Å². The predicted molar refractivity (Wildman–Crippen MR) is 157 cm³/mol. The van der Waals surface area contributed by atoms with E-state index in [4.69, 9.17) is 4.74 Å². The SMILES string of the molecule is Cc1cccc(C)c1NC(=O)COC(=O)c1cccc(N2C(=O)[C@@H]3C4c5ccccc5C(c5ccccc54)[C@H]3C2=O)c1. The van der Waals surface area contributed by atoms with Gasteiger partial charge in [-0.2, -0.15) is 0 Å². The van der Waals surface area contributed by atoms with Crippen molar-refractivity contribution in [3.63, 3.8) is 0 Å². The Kier molecular flexibility index (Phi) is 6.04. The van der Waals surface area contributed by atoms with Crippen LogP contribution in [-0.2, 0) is 19.1 Å². The molecule has 0 saturated carbocycles. The second kappa shape index (κ2) is 9.80. The number of para-hydroxylation sites is 1. The summed E-state index contributed by atoms with van der Waals surface area (Å²) in [5, 5.41) is 2.80. The molecule has 4 aliphatic rings. The lowest BCUT2D eigenvalue weighted by atomic mass is 9.55. The number of amides is 3. The Morgan fingerprint density at radius 2 is 1.21 bits per heavy atom. The van der Waals surface area contributed by atoms with Crippen LogP contribution in [0.15, 0.2) is 91.0 Å². The number of hydrogen-bond acceptors (Lipinski definition) is 5. The highest BCUT2D eigenvalue weighted by Gasteiger charge is 2.61. The Labute approximate surface area is 243 Å². The van der Waals surface area contributed by atoms with E-state index in [0.717, 1.165) is 33.4 Å². The molecule has 1 fully saturated rings. The molecule has 4 aromatic carbocycles. The lowest BCUT2D eigenvalue weighted by Crippen LogP contribution is -2.41. The van der Waals surface area contributed by atoms with Gasteiger partial charge in [0.15, 0.2) is 6.61 Å². The van der Waals surface area contributed by atoms with Crippen LogP contribution in [0.4, 0.5) is 11.4 Å². The molecule has 2 bridgehead atoms. The molecular weight excluding hydrogens is 528 g/mol. The molecule has 3 aliphatic carbocycles. The van der Waals surface area contributed by atoms with Crippen molar-refractivity contribution in [3.8, 4) is 0 Å². The molecule has 1 aliphatic heterocycles. The zero-order valence-corrected chi connectivity index (χ0v) is 23.2. The third kappa shape index (κ3) is 3.88. The van der Waals surface area contributed by atoms with E-state index >= 15 is 0 Å². The smallest absolute Gasteiger partial charge is 0.338 e.